The Bertz CT molecular complexity index is 2430. The number of nitrogens with two attached hydrogens (primary N) is 6. The number of rotatable bonds is 41. The fraction of sp³-hybridized carbons (Fsp3) is 0.635. The highest BCUT2D eigenvalue weighted by Crippen LogP contribution is 2.28. The third-order valence-corrected chi connectivity index (χ3v) is 13.7. The molecule has 31 nitrogen and oxygen atoms in total. The summed E-state index contributed by atoms with van der Waals surface area (Å²) in [6.45, 7) is 5.26. The molecule has 0 spiro atoms. The Kier molecular flexibility index (Phi) is 35.7. The summed E-state index contributed by atoms with van der Waals surface area (Å²) in [5.74, 6) is -10.0. The molecule has 85 heavy (non-hydrogen) atoms. The van der Waals surface area contributed by atoms with E-state index in [1.807, 2.05) is 6.92 Å². The molecule has 0 aliphatic carbocycles. The van der Waals surface area contributed by atoms with E-state index in [1.54, 1.807) is 58.0 Å². The molecule has 0 bridgehead atoms. The number of guanidine groups is 2. The molecule has 0 aromatic heterocycles. The Hall–Kier alpha value is -7.33. The van der Waals surface area contributed by atoms with Gasteiger partial charge in [0.1, 0.15) is 54.4 Å². The van der Waals surface area contributed by atoms with Gasteiger partial charge in [0.2, 0.25) is 64.2 Å². The van der Waals surface area contributed by atoms with E-state index in [9.17, 15) is 68.1 Å². The van der Waals surface area contributed by atoms with E-state index in [1.165, 1.54) is 0 Å². The molecule has 0 saturated carbocycles. The number of hydrogen-bond acceptors (Lipinski definition) is 19. The minimum absolute atomic E-state index is 0.0114. The van der Waals surface area contributed by atoms with Crippen LogP contribution in [0.2, 0.25) is 0 Å². The van der Waals surface area contributed by atoms with Gasteiger partial charge >= 0.3 is 0 Å². The number of nitrogens with zero attached hydrogens (tertiary/aromatic N) is 2. The van der Waals surface area contributed by atoms with Crippen LogP contribution in [0.4, 0.5) is 0 Å². The summed E-state index contributed by atoms with van der Waals surface area (Å²) in [5, 5.41) is 51.5. The number of aliphatic hydroxyl groups excluding tert-OH is 3. The van der Waals surface area contributed by atoms with Gasteiger partial charge in [-0.05, 0) is 63.9 Å². The SMILES string of the molecule is CCCC[C@H](NC(=O)CC(C)(C)SC(=O)CNC(=O)[C@H](Cc1ccccc1)NC(=O)[C@H](CS)NC(=O)[C@H](CO)NC(=O)[C@H](CO)NC(=O)[C@H](CCCN=C(N)N)NC(=O)[C@H](CCCN=C(N)N)NC(=O)[C@H](CC(C)C)NC(=O)[C@@H](N)CO)C(N)=O. The van der Waals surface area contributed by atoms with Crippen LogP contribution in [0, 0.1) is 5.92 Å². The van der Waals surface area contributed by atoms with Gasteiger partial charge in [-0.3, -0.25) is 62.7 Å². The molecule has 1 aromatic carbocycles. The van der Waals surface area contributed by atoms with Gasteiger partial charge in [-0.1, -0.05) is 75.7 Å². The molecular weight excluding hydrogens is 1150 g/mol. The third-order valence-electron chi connectivity index (χ3n) is 12.3. The van der Waals surface area contributed by atoms with Crippen molar-refractivity contribution >= 4 is 100 Å². The second-order valence-corrected chi connectivity index (χ2v) is 22.9. The zero-order chi connectivity index (χ0) is 64.4. The van der Waals surface area contributed by atoms with E-state index in [2.05, 4.69) is 70.5 Å². The van der Waals surface area contributed by atoms with E-state index in [0.717, 1.165) is 18.2 Å². The topological polar surface area (TPSA) is 538 Å². The number of unbranched alkanes of at least 4 members (excludes halogenated alkanes) is 1. The minimum Gasteiger partial charge on any atom is -0.394 e. The summed E-state index contributed by atoms with van der Waals surface area (Å²) in [4.78, 5) is 155. The standard InChI is InChI=1S/C52H89N17O14S2/c1-6-7-15-31(41(54)75)62-39(73)22-52(4,5)85-40(74)23-61-43(77)35(21-29-13-9-8-10-14-29)66-49(83)38(27-84)69-48(82)37(26-72)68-47(81)36(25-71)67-45(79)33(17-12-19-60-51(57)58)63-44(78)32(16-11-18-59-50(55)56)64-46(80)34(20-28(2)3)65-42(76)30(53)24-70/h8-10,13-14,28,30-38,70-72,84H,6-7,11-12,15-27,53H2,1-5H3,(H2,54,75)(H,61,77)(H,62,73)(H,63,78)(H,64,80)(H,65,76)(H,66,83)(H,67,79)(H,68,81)(H,69,82)(H4,55,56,59)(H4,57,58,60)/t30-,31-,32-,33-,34-,35-,36-,37-,38-/m0/s1. The molecule has 33 heteroatoms. The lowest BCUT2D eigenvalue weighted by atomic mass is 10.0. The number of primary amides is 1. The second kappa shape index (κ2) is 40.1. The van der Waals surface area contributed by atoms with Crippen molar-refractivity contribution in [2.45, 2.75) is 158 Å². The molecule has 0 fully saturated rings. The molecule has 478 valence electrons. The maximum Gasteiger partial charge on any atom is 0.245 e. The number of aliphatic hydroxyl groups is 3. The zero-order valence-corrected chi connectivity index (χ0v) is 50.4. The quantitative estimate of drug-likeness (QED) is 0.0125. The predicted molar refractivity (Wildman–Crippen MR) is 321 cm³/mol. The van der Waals surface area contributed by atoms with Crippen LogP contribution in [0.3, 0.4) is 0 Å². The minimum atomic E-state index is -1.85. The molecule has 10 amide bonds. The van der Waals surface area contributed by atoms with Gasteiger partial charge < -0.3 is 97.6 Å². The monoisotopic (exact) mass is 1240 g/mol. The number of carbonyl (C=O) groups is 11. The molecule has 0 aliphatic heterocycles. The summed E-state index contributed by atoms with van der Waals surface area (Å²) in [7, 11) is 0. The summed E-state index contributed by atoms with van der Waals surface area (Å²) in [5.41, 5.74) is 33.5. The van der Waals surface area contributed by atoms with Crippen molar-refractivity contribution in [3.05, 3.63) is 35.9 Å². The zero-order valence-electron chi connectivity index (χ0n) is 48.7. The van der Waals surface area contributed by atoms with Crippen molar-refractivity contribution in [2.75, 3.05) is 45.2 Å². The fourth-order valence-corrected chi connectivity index (χ4v) is 9.09. The van der Waals surface area contributed by atoms with E-state index in [-0.39, 0.29) is 81.6 Å². The van der Waals surface area contributed by atoms with Crippen molar-refractivity contribution in [1.29, 1.82) is 0 Å². The molecule has 0 saturated heterocycles. The van der Waals surface area contributed by atoms with Gasteiger partial charge in [0, 0.05) is 36.4 Å². The third kappa shape index (κ3) is 30.9. The molecule has 0 unspecified atom stereocenters. The van der Waals surface area contributed by atoms with Crippen LogP contribution in [-0.2, 0) is 59.2 Å². The largest absolute Gasteiger partial charge is 0.394 e. The smallest absolute Gasteiger partial charge is 0.245 e. The highest BCUT2D eigenvalue weighted by molar-refractivity contribution is 8.14. The number of hydrogen-bond donors (Lipinski definition) is 19. The summed E-state index contributed by atoms with van der Waals surface area (Å²) in [6, 6.07) is -4.47. The first-order valence-corrected chi connectivity index (χ1v) is 29.0. The van der Waals surface area contributed by atoms with Crippen molar-refractivity contribution in [3.63, 3.8) is 0 Å². The number of aliphatic imine (C=N–C) groups is 2. The van der Waals surface area contributed by atoms with Gasteiger partial charge in [0.15, 0.2) is 11.9 Å². The van der Waals surface area contributed by atoms with Gasteiger partial charge in [-0.15, -0.1) is 0 Å². The van der Waals surface area contributed by atoms with Crippen molar-refractivity contribution in [1.82, 2.24) is 47.9 Å². The molecule has 0 aliphatic rings. The highest BCUT2D eigenvalue weighted by Gasteiger charge is 2.35. The maximum absolute atomic E-state index is 14.1. The van der Waals surface area contributed by atoms with Crippen LogP contribution in [0.15, 0.2) is 40.3 Å². The first-order chi connectivity index (χ1) is 40.0. The number of benzene rings is 1. The number of amides is 10. The summed E-state index contributed by atoms with van der Waals surface area (Å²) < 4.78 is -0.987. The molecule has 24 N–H and O–H groups in total. The molecule has 0 radical (unpaired) electrons. The Labute approximate surface area is 503 Å². The number of carbonyl (C=O) groups excluding carboxylic acids is 11. The molecular formula is C52H89N17O14S2. The van der Waals surface area contributed by atoms with Gasteiger partial charge in [-0.2, -0.15) is 12.6 Å². The second-order valence-electron chi connectivity index (χ2n) is 20.8. The lowest BCUT2D eigenvalue weighted by Crippen LogP contribution is -2.61. The van der Waals surface area contributed by atoms with E-state index in [0.29, 0.717) is 18.4 Å². The number of thioether (sulfide) groups is 1. The van der Waals surface area contributed by atoms with Gasteiger partial charge in [0.25, 0.3) is 0 Å². The van der Waals surface area contributed by atoms with Crippen LogP contribution in [0.25, 0.3) is 0 Å². The molecule has 9 atom stereocenters. The van der Waals surface area contributed by atoms with Gasteiger partial charge in [0.05, 0.1) is 26.4 Å². The average molecular weight is 1240 g/mol. The van der Waals surface area contributed by atoms with Crippen molar-refractivity contribution < 1.29 is 68.1 Å². The Morgan fingerprint density at radius 3 is 1.45 bits per heavy atom. The first-order valence-electron chi connectivity index (χ1n) is 27.6. The number of nitrogens with one attached hydrogen (secondary N) is 9. The van der Waals surface area contributed by atoms with Crippen LogP contribution in [0.5, 0.6) is 0 Å². The molecule has 0 heterocycles. The summed E-state index contributed by atoms with van der Waals surface area (Å²) >= 11 is 4.98. The maximum atomic E-state index is 14.1. The normalized spacial score (nSPS) is 14.3. The van der Waals surface area contributed by atoms with E-state index in [4.69, 9.17) is 34.4 Å². The fourth-order valence-electron chi connectivity index (χ4n) is 7.87. The van der Waals surface area contributed by atoms with Crippen LogP contribution in [0.1, 0.15) is 98.0 Å². The lowest BCUT2D eigenvalue weighted by molar-refractivity contribution is -0.136. The molecule has 1 rings (SSSR count). The Morgan fingerprint density at radius 2 is 1.00 bits per heavy atom. The lowest BCUT2D eigenvalue weighted by Gasteiger charge is -2.27. The predicted octanol–water partition coefficient (Wildman–Crippen LogP) is -6.29. The first kappa shape index (κ1) is 75.7. The summed E-state index contributed by atoms with van der Waals surface area (Å²) in [6.07, 6.45) is 1.44. The van der Waals surface area contributed by atoms with Crippen LogP contribution in [-0.4, -0.2) is 196 Å². The Balaban J connectivity index is 3.31. The van der Waals surface area contributed by atoms with E-state index >= 15 is 0 Å². The van der Waals surface area contributed by atoms with Gasteiger partial charge in [-0.25, -0.2) is 0 Å². The van der Waals surface area contributed by atoms with Crippen LogP contribution < -0.4 is 82.3 Å². The Morgan fingerprint density at radius 1 is 0.565 bits per heavy atom. The highest BCUT2D eigenvalue weighted by atomic mass is 32.2. The average Bonchev–Trinajstić information content (AvgIpc) is 3.63. The van der Waals surface area contributed by atoms with Crippen LogP contribution >= 0.6 is 24.4 Å². The van der Waals surface area contributed by atoms with Crippen molar-refractivity contribution in [2.24, 2.45) is 50.3 Å². The van der Waals surface area contributed by atoms with Crippen molar-refractivity contribution in [3.8, 4) is 0 Å². The molecule has 1 aromatic rings. The van der Waals surface area contributed by atoms with E-state index < -0.39 is 150 Å². The number of thiol groups is 1.